The normalized spacial score (nSPS) is 20.4. The molecule has 3 unspecified atom stereocenters. The third-order valence-electron chi connectivity index (χ3n) is 4.86. The Balaban J connectivity index is 1.57. The van der Waals surface area contributed by atoms with Crippen LogP contribution in [0.5, 0.6) is 0 Å². The van der Waals surface area contributed by atoms with Gasteiger partial charge >= 0.3 is 0 Å². The molecule has 0 bridgehead atoms. The number of halogens is 1. The van der Waals surface area contributed by atoms with E-state index in [1.807, 2.05) is 24.4 Å². The molecule has 28 heavy (non-hydrogen) atoms. The molecule has 5 nitrogen and oxygen atoms in total. The van der Waals surface area contributed by atoms with Crippen LogP contribution in [0.25, 0.3) is 15.1 Å². The van der Waals surface area contributed by atoms with Crippen LogP contribution in [0.2, 0.25) is 5.02 Å². The van der Waals surface area contributed by atoms with Gasteiger partial charge in [-0.2, -0.15) is 5.10 Å². The summed E-state index contributed by atoms with van der Waals surface area (Å²) in [5.74, 6) is 0.598. The summed E-state index contributed by atoms with van der Waals surface area (Å²) < 4.78 is 0. The van der Waals surface area contributed by atoms with Gasteiger partial charge in [-0.1, -0.05) is 29.8 Å². The van der Waals surface area contributed by atoms with Crippen molar-refractivity contribution in [1.29, 1.82) is 0 Å². The first kappa shape index (κ1) is 17.9. The molecule has 2 N–H and O–H groups in total. The zero-order valence-electron chi connectivity index (χ0n) is 14.5. The molecular formula is C20H15ClN4OS2. The third-order valence-corrected chi connectivity index (χ3v) is 7.33. The SMILES string of the molecule is OC(c1ccc(Cl)cc1)C1C=C(c2ccnc3sccc23)SC1c1ncn[nH]1. The van der Waals surface area contributed by atoms with E-state index >= 15 is 0 Å². The van der Waals surface area contributed by atoms with Gasteiger partial charge in [0, 0.05) is 27.4 Å². The van der Waals surface area contributed by atoms with Crippen LogP contribution in [0.3, 0.4) is 0 Å². The summed E-state index contributed by atoms with van der Waals surface area (Å²) in [5, 5.41) is 21.9. The Hall–Kier alpha value is -2.19. The van der Waals surface area contributed by atoms with Gasteiger partial charge in [0.25, 0.3) is 0 Å². The number of pyridine rings is 1. The number of thiophene rings is 1. The molecule has 3 aromatic heterocycles. The molecule has 0 fully saturated rings. The van der Waals surface area contributed by atoms with Crippen LogP contribution in [0.4, 0.5) is 0 Å². The molecule has 0 spiro atoms. The molecule has 8 heteroatoms. The number of aromatic nitrogens is 4. The van der Waals surface area contributed by atoms with Gasteiger partial charge in [0.2, 0.25) is 0 Å². The maximum Gasteiger partial charge on any atom is 0.138 e. The van der Waals surface area contributed by atoms with Crippen LogP contribution in [-0.2, 0) is 0 Å². The second-order valence-corrected chi connectivity index (χ2v) is 9.03. The van der Waals surface area contributed by atoms with Crippen molar-refractivity contribution in [3.63, 3.8) is 0 Å². The lowest BCUT2D eigenvalue weighted by molar-refractivity contribution is 0.130. The number of hydrogen-bond acceptors (Lipinski definition) is 6. The number of aliphatic hydroxyl groups is 1. The van der Waals surface area contributed by atoms with Gasteiger partial charge in [0.15, 0.2) is 0 Å². The third kappa shape index (κ3) is 3.14. The topological polar surface area (TPSA) is 74.7 Å². The minimum Gasteiger partial charge on any atom is -0.388 e. The monoisotopic (exact) mass is 426 g/mol. The summed E-state index contributed by atoms with van der Waals surface area (Å²) >= 11 is 9.33. The van der Waals surface area contributed by atoms with Crippen molar-refractivity contribution >= 4 is 49.8 Å². The highest BCUT2D eigenvalue weighted by Crippen LogP contribution is 2.55. The van der Waals surface area contributed by atoms with E-state index in [-0.39, 0.29) is 11.2 Å². The molecule has 0 amide bonds. The van der Waals surface area contributed by atoms with Crippen molar-refractivity contribution in [3.8, 4) is 0 Å². The number of fused-ring (bicyclic) bond motifs is 1. The molecule has 0 aliphatic carbocycles. The molecule has 1 aliphatic heterocycles. The lowest BCUT2D eigenvalue weighted by atomic mass is 9.91. The summed E-state index contributed by atoms with van der Waals surface area (Å²) in [6.07, 6.45) is 4.80. The van der Waals surface area contributed by atoms with E-state index in [1.54, 1.807) is 35.2 Å². The highest BCUT2D eigenvalue weighted by Gasteiger charge is 2.37. The standard InChI is InChI=1S/C20H15ClN4OS2/c21-12-3-1-11(2-4-12)17(26)15-9-16(28-18(15)19-23-10-24-25-19)13-5-7-22-20-14(13)6-8-27-20/h1-10,15,17-18,26H,(H,23,24,25). The largest absolute Gasteiger partial charge is 0.388 e. The molecule has 0 saturated carbocycles. The number of aromatic amines is 1. The Kier molecular flexibility index (Phi) is 4.68. The molecule has 1 aliphatic rings. The Morgan fingerprint density at radius 3 is 2.75 bits per heavy atom. The number of H-pyrrole nitrogens is 1. The minimum absolute atomic E-state index is 0.0648. The quantitative estimate of drug-likeness (QED) is 0.466. The van der Waals surface area contributed by atoms with Crippen molar-refractivity contribution in [2.75, 3.05) is 0 Å². The fourth-order valence-electron chi connectivity index (χ4n) is 3.49. The van der Waals surface area contributed by atoms with Gasteiger partial charge < -0.3 is 5.11 Å². The Labute approximate surface area is 174 Å². The van der Waals surface area contributed by atoms with E-state index in [4.69, 9.17) is 11.6 Å². The van der Waals surface area contributed by atoms with Crippen LogP contribution < -0.4 is 0 Å². The lowest BCUT2D eigenvalue weighted by Gasteiger charge is -2.22. The molecule has 4 heterocycles. The van der Waals surface area contributed by atoms with E-state index in [9.17, 15) is 5.11 Å². The highest BCUT2D eigenvalue weighted by atomic mass is 35.5. The predicted octanol–water partition coefficient (Wildman–Crippen LogP) is 5.25. The van der Waals surface area contributed by atoms with Gasteiger partial charge in [0.1, 0.15) is 17.0 Å². The molecule has 140 valence electrons. The van der Waals surface area contributed by atoms with Gasteiger partial charge in [-0.25, -0.2) is 9.97 Å². The maximum atomic E-state index is 11.1. The molecule has 4 aromatic rings. The molecule has 5 rings (SSSR count). The van der Waals surface area contributed by atoms with E-state index in [0.29, 0.717) is 5.02 Å². The number of thioether (sulfide) groups is 1. The van der Waals surface area contributed by atoms with Crippen molar-refractivity contribution < 1.29 is 5.11 Å². The van der Waals surface area contributed by atoms with E-state index in [0.717, 1.165) is 32.1 Å². The zero-order valence-corrected chi connectivity index (χ0v) is 16.9. The van der Waals surface area contributed by atoms with Crippen LogP contribution in [-0.4, -0.2) is 25.3 Å². The average Bonchev–Trinajstić information content (AvgIpc) is 3.47. The fourth-order valence-corrected chi connectivity index (χ4v) is 5.80. The smallest absolute Gasteiger partial charge is 0.138 e. The van der Waals surface area contributed by atoms with Crippen molar-refractivity contribution in [2.45, 2.75) is 11.4 Å². The number of benzene rings is 1. The predicted molar refractivity (Wildman–Crippen MR) is 114 cm³/mol. The summed E-state index contributed by atoms with van der Waals surface area (Å²) in [4.78, 5) is 10.9. The summed E-state index contributed by atoms with van der Waals surface area (Å²) in [5.41, 5.74) is 1.96. The van der Waals surface area contributed by atoms with Crippen LogP contribution >= 0.6 is 34.7 Å². The van der Waals surface area contributed by atoms with Gasteiger partial charge in [0.05, 0.1) is 11.4 Å². The number of nitrogens with one attached hydrogen (secondary N) is 1. The van der Waals surface area contributed by atoms with E-state index in [1.165, 1.54) is 6.33 Å². The average molecular weight is 427 g/mol. The van der Waals surface area contributed by atoms with Gasteiger partial charge in [-0.3, -0.25) is 5.10 Å². The second kappa shape index (κ2) is 7.33. The van der Waals surface area contributed by atoms with Crippen molar-refractivity contribution in [2.24, 2.45) is 5.92 Å². The number of rotatable bonds is 4. The Morgan fingerprint density at radius 1 is 1.11 bits per heavy atom. The number of hydrogen-bond donors (Lipinski definition) is 2. The molecule has 3 atom stereocenters. The van der Waals surface area contributed by atoms with Crippen molar-refractivity contribution in [3.05, 3.63) is 82.4 Å². The van der Waals surface area contributed by atoms with Gasteiger partial charge in [-0.05, 0) is 40.8 Å². The number of aliphatic hydroxyl groups excluding tert-OH is 1. The van der Waals surface area contributed by atoms with Crippen LogP contribution in [0.15, 0.2) is 60.4 Å². The summed E-state index contributed by atoms with van der Waals surface area (Å²) in [6, 6.07) is 11.5. The lowest BCUT2D eigenvalue weighted by Crippen LogP contribution is -2.15. The first-order chi connectivity index (χ1) is 13.7. The first-order valence-electron chi connectivity index (χ1n) is 8.70. The van der Waals surface area contributed by atoms with Gasteiger partial charge in [-0.15, -0.1) is 23.1 Å². The van der Waals surface area contributed by atoms with E-state index < -0.39 is 6.10 Å². The highest BCUT2D eigenvalue weighted by molar-refractivity contribution is 8.08. The molecule has 1 aromatic carbocycles. The maximum absolute atomic E-state index is 11.1. The Bertz CT molecular complexity index is 1140. The van der Waals surface area contributed by atoms with E-state index in [2.05, 4.69) is 37.7 Å². The van der Waals surface area contributed by atoms with Crippen LogP contribution in [0, 0.1) is 5.92 Å². The second-order valence-electron chi connectivity index (χ2n) is 6.51. The van der Waals surface area contributed by atoms with Crippen molar-refractivity contribution in [1.82, 2.24) is 20.2 Å². The Morgan fingerprint density at radius 2 is 1.96 bits per heavy atom. The number of nitrogens with zero attached hydrogens (tertiary/aromatic N) is 3. The zero-order chi connectivity index (χ0) is 19.1. The first-order valence-corrected chi connectivity index (χ1v) is 10.8. The fraction of sp³-hybridized carbons (Fsp3) is 0.150. The minimum atomic E-state index is -0.683. The van der Waals surface area contributed by atoms with Crippen LogP contribution in [0.1, 0.15) is 28.3 Å². The summed E-state index contributed by atoms with van der Waals surface area (Å²) in [6.45, 7) is 0. The molecular weight excluding hydrogens is 412 g/mol. The molecule has 0 radical (unpaired) electrons. The summed E-state index contributed by atoms with van der Waals surface area (Å²) in [7, 11) is 0. The molecule has 0 saturated heterocycles.